The van der Waals surface area contributed by atoms with Gasteiger partial charge in [-0.25, -0.2) is 4.98 Å². The highest BCUT2D eigenvalue weighted by Crippen LogP contribution is 2.31. The summed E-state index contributed by atoms with van der Waals surface area (Å²) in [6.07, 6.45) is 5.01. The number of halogens is 1. The largest absolute Gasteiger partial charge is 0.383 e. The highest BCUT2D eigenvalue weighted by Gasteiger charge is 2.26. The molecule has 2 aromatic rings. The lowest BCUT2D eigenvalue weighted by Crippen LogP contribution is -2.45. The minimum atomic E-state index is -0.126. The molecule has 0 fully saturated rings. The molecule has 0 unspecified atom stereocenters. The van der Waals surface area contributed by atoms with Crippen molar-refractivity contribution in [3.05, 3.63) is 23.9 Å². The first kappa shape index (κ1) is 17.4. The van der Waals surface area contributed by atoms with E-state index in [9.17, 15) is 4.79 Å². The lowest BCUT2D eigenvalue weighted by Gasteiger charge is -2.37. The zero-order valence-electron chi connectivity index (χ0n) is 14.1. The molecule has 1 amide bonds. The van der Waals surface area contributed by atoms with Crippen molar-refractivity contribution in [2.24, 2.45) is 7.05 Å². The van der Waals surface area contributed by atoms with Crippen molar-refractivity contribution < 1.29 is 9.53 Å². The van der Waals surface area contributed by atoms with E-state index in [0.717, 1.165) is 18.1 Å². The van der Waals surface area contributed by atoms with Crippen molar-refractivity contribution >= 4 is 34.7 Å². The maximum Gasteiger partial charge on any atom is 0.243 e. The molecule has 1 N–H and O–H groups in total. The van der Waals surface area contributed by atoms with Crippen molar-refractivity contribution in [2.45, 2.75) is 0 Å². The molecule has 134 valence electrons. The van der Waals surface area contributed by atoms with Gasteiger partial charge in [-0.2, -0.15) is 10.1 Å². The normalized spacial score (nSPS) is 13.7. The number of aryl methyl sites for hydroxylation is 1. The van der Waals surface area contributed by atoms with E-state index in [1.165, 1.54) is 0 Å². The van der Waals surface area contributed by atoms with Crippen LogP contribution in [0.25, 0.3) is 0 Å². The zero-order chi connectivity index (χ0) is 17.8. The first-order valence-corrected chi connectivity index (χ1v) is 8.24. The first-order chi connectivity index (χ1) is 12.1. The van der Waals surface area contributed by atoms with Gasteiger partial charge >= 0.3 is 0 Å². The third-order valence-corrected chi connectivity index (χ3v) is 4.07. The highest BCUT2D eigenvalue weighted by atomic mass is 35.5. The smallest absolute Gasteiger partial charge is 0.243 e. The quantitative estimate of drug-likeness (QED) is 0.756. The number of nitrogens with zero attached hydrogens (tertiary/aromatic N) is 6. The van der Waals surface area contributed by atoms with Crippen molar-refractivity contribution in [2.75, 3.05) is 55.0 Å². The van der Waals surface area contributed by atoms with Crippen LogP contribution in [-0.2, 0) is 16.6 Å². The van der Waals surface area contributed by atoms with Crippen LogP contribution < -0.4 is 15.1 Å². The van der Waals surface area contributed by atoms with Crippen molar-refractivity contribution in [1.82, 2.24) is 19.7 Å². The first-order valence-electron chi connectivity index (χ1n) is 7.86. The minimum Gasteiger partial charge on any atom is -0.383 e. The monoisotopic (exact) mass is 365 g/mol. The van der Waals surface area contributed by atoms with Gasteiger partial charge in [-0.15, -0.1) is 0 Å². The molecule has 0 aromatic carbocycles. The second kappa shape index (κ2) is 7.66. The van der Waals surface area contributed by atoms with Crippen molar-refractivity contribution in [1.29, 1.82) is 0 Å². The molecule has 10 heteroatoms. The van der Waals surface area contributed by atoms with E-state index in [0.29, 0.717) is 25.4 Å². The van der Waals surface area contributed by atoms with E-state index in [1.54, 1.807) is 37.4 Å². The second-order valence-electron chi connectivity index (χ2n) is 5.70. The average molecular weight is 366 g/mol. The van der Waals surface area contributed by atoms with Crippen LogP contribution in [0.1, 0.15) is 0 Å². The fraction of sp³-hybridized carbons (Fsp3) is 0.467. The fourth-order valence-electron chi connectivity index (χ4n) is 2.71. The zero-order valence-corrected chi connectivity index (χ0v) is 14.9. The van der Waals surface area contributed by atoms with Gasteiger partial charge in [0.15, 0.2) is 5.82 Å². The molecule has 9 nitrogen and oxygen atoms in total. The Morgan fingerprint density at radius 1 is 1.36 bits per heavy atom. The van der Waals surface area contributed by atoms with E-state index in [-0.39, 0.29) is 17.7 Å². The van der Waals surface area contributed by atoms with Crippen molar-refractivity contribution in [3.8, 4) is 0 Å². The summed E-state index contributed by atoms with van der Waals surface area (Å²) in [5, 5.41) is 7.05. The average Bonchev–Trinajstić information content (AvgIpc) is 2.98. The molecule has 2 aromatic heterocycles. The van der Waals surface area contributed by atoms with E-state index >= 15 is 0 Å². The van der Waals surface area contributed by atoms with Crippen LogP contribution in [-0.4, -0.2) is 65.6 Å². The maximum atomic E-state index is 12.3. The van der Waals surface area contributed by atoms with E-state index in [1.807, 2.05) is 4.90 Å². The topological polar surface area (TPSA) is 88.4 Å². The number of nitrogens with one attached hydrogen (secondary N) is 1. The van der Waals surface area contributed by atoms with Crippen LogP contribution in [0.4, 0.5) is 17.2 Å². The van der Waals surface area contributed by atoms with Gasteiger partial charge in [0.05, 0.1) is 36.9 Å². The Hall–Kier alpha value is -2.39. The number of methoxy groups -OCH3 is 1. The van der Waals surface area contributed by atoms with Gasteiger partial charge in [0.25, 0.3) is 0 Å². The van der Waals surface area contributed by atoms with Crippen LogP contribution in [0, 0.1) is 0 Å². The molecule has 0 saturated carbocycles. The van der Waals surface area contributed by atoms with E-state index in [2.05, 4.69) is 25.3 Å². The number of carbonyl (C=O) groups is 1. The van der Waals surface area contributed by atoms with Gasteiger partial charge in [0, 0.05) is 40.0 Å². The predicted octanol–water partition coefficient (Wildman–Crippen LogP) is 0.775. The number of hydrogen-bond acceptors (Lipinski definition) is 7. The standard InChI is InChI=1S/C15H20ClN7O2/c1-21-9-11(7-18-21)19-13(24)10-23-4-3-22(5-6-25-2)14-12(23)8-17-15(16)20-14/h7-9H,3-6,10H2,1-2H3,(H,19,24). The Balaban J connectivity index is 1.72. The molecule has 3 rings (SSSR count). The predicted molar refractivity (Wildman–Crippen MR) is 95.2 cm³/mol. The third kappa shape index (κ3) is 4.18. The molecule has 1 aliphatic heterocycles. The molecule has 1 aliphatic rings. The van der Waals surface area contributed by atoms with Gasteiger partial charge in [-0.05, 0) is 11.6 Å². The van der Waals surface area contributed by atoms with Gasteiger partial charge < -0.3 is 19.9 Å². The molecule has 0 saturated heterocycles. The van der Waals surface area contributed by atoms with Gasteiger partial charge in [-0.3, -0.25) is 9.48 Å². The third-order valence-electron chi connectivity index (χ3n) is 3.89. The number of anilines is 3. The van der Waals surface area contributed by atoms with Crippen molar-refractivity contribution in [3.63, 3.8) is 0 Å². The number of rotatable bonds is 6. The summed E-state index contributed by atoms with van der Waals surface area (Å²) in [5.41, 5.74) is 1.45. The summed E-state index contributed by atoms with van der Waals surface area (Å²) in [6.45, 7) is 2.90. The van der Waals surface area contributed by atoms with Gasteiger partial charge in [0.1, 0.15) is 0 Å². The lowest BCUT2D eigenvalue weighted by atomic mass is 10.2. The van der Waals surface area contributed by atoms with E-state index in [4.69, 9.17) is 16.3 Å². The number of ether oxygens (including phenoxy) is 1. The summed E-state index contributed by atoms with van der Waals surface area (Å²) in [5.74, 6) is 0.594. The molecular weight excluding hydrogens is 346 g/mol. The second-order valence-corrected chi connectivity index (χ2v) is 6.04. The Morgan fingerprint density at radius 3 is 2.88 bits per heavy atom. The number of aromatic nitrogens is 4. The molecule has 0 radical (unpaired) electrons. The molecule has 3 heterocycles. The fourth-order valence-corrected chi connectivity index (χ4v) is 2.84. The molecular formula is C15H20ClN7O2. The number of hydrogen-bond donors (Lipinski definition) is 1. The summed E-state index contributed by atoms with van der Waals surface area (Å²) >= 11 is 5.95. The van der Waals surface area contributed by atoms with Crippen LogP contribution in [0.5, 0.6) is 0 Å². The lowest BCUT2D eigenvalue weighted by molar-refractivity contribution is -0.115. The number of carbonyl (C=O) groups excluding carboxylic acids is 1. The van der Waals surface area contributed by atoms with E-state index < -0.39 is 0 Å². The molecule has 0 bridgehead atoms. The molecule has 0 aliphatic carbocycles. The number of amides is 1. The number of fused-ring (bicyclic) bond motifs is 1. The SMILES string of the molecule is COCCN1CCN(CC(=O)Nc2cnn(C)c2)c2cnc(Cl)nc21. The Kier molecular flexibility index (Phi) is 5.34. The van der Waals surface area contributed by atoms with Gasteiger partial charge in [-0.1, -0.05) is 0 Å². The molecule has 0 spiro atoms. The minimum absolute atomic E-state index is 0.126. The Labute approximate surface area is 150 Å². The highest BCUT2D eigenvalue weighted by molar-refractivity contribution is 6.28. The summed E-state index contributed by atoms with van der Waals surface area (Å²) in [6, 6.07) is 0. The molecule has 25 heavy (non-hydrogen) atoms. The summed E-state index contributed by atoms with van der Waals surface area (Å²) in [7, 11) is 3.46. The van der Waals surface area contributed by atoms with Crippen LogP contribution in [0.3, 0.4) is 0 Å². The summed E-state index contributed by atoms with van der Waals surface area (Å²) in [4.78, 5) is 24.8. The van der Waals surface area contributed by atoms with Crippen LogP contribution >= 0.6 is 11.6 Å². The Morgan fingerprint density at radius 2 is 2.16 bits per heavy atom. The van der Waals surface area contributed by atoms with Crippen LogP contribution in [0.2, 0.25) is 5.28 Å². The van der Waals surface area contributed by atoms with Gasteiger partial charge in [0.2, 0.25) is 11.2 Å². The maximum absolute atomic E-state index is 12.3. The molecule has 0 atom stereocenters. The summed E-state index contributed by atoms with van der Waals surface area (Å²) < 4.78 is 6.78. The van der Waals surface area contributed by atoms with Crippen LogP contribution in [0.15, 0.2) is 18.6 Å². The Bertz CT molecular complexity index is 751.